The number of nitrogens with zero attached hydrogens (tertiary/aromatic N) is 2. The molecule has 1 amide bonds. The van der Waals surface area contributed by atoms with Crippen LogP contribution < -0.4 is 10.6 Å². The first-order valence-electron chi connectivity index (χ1n) is 6.54. The monoisotopic (exact) mass is 272 g/mol. The zero-order valence-electron chi connectivity index (χ0n) is 11.2. The van der Waals surface area contributed by atoms with Crippen LogP contribution >= 0.6 is 0 Å². The molecule has 0 spiro atoms. The number of rotatable bonds is 3. The second-order valence-corrected chi connectivity index (χ2v) is 4.79. The molecule has 2 heterocycles. The lowest BCUT2D eigenvalue weighted by molar-refractivity contribution is -0.120. The van der Waals surface area contributed by atoms with Crippen molar-refractivity contribution in [3.8, 4) is 0 Å². The van der Waals surface area contributed by atoms with E-state index in [9.17, 15) is 4.79 Å². The van der Waals surface area contributed by atoms with Crippen LogP contribution in [0.3, 0.4) is 0 Å². The molecule has 2 N–H and O–H groups in total. The lowest BCUT2D eigenvalue weighted by atomic mass is 10.0. The van der Waals surface area contributed by atoms with Crippen molar-refractivity contribution in [2.24, 2.45) is 5.92 Å². The van der Waals surface area contributed by atoms with E-state index in [0.29, 0.717) is 13.2 Å². The predicted octanol–water partition coefficient (Wildman–Crippen LogP) is 0.803. The van der Waals surface area contributed by atoms with Crippen molar-refractivity contribution in [3.05, 3.63) is 30.6 Å². The van der Waals surface area contributed by atoms with Crippen molar-refractivity contribution in [2.75, 3.05) is 25.6 Å². The summed E-state index contributed by atoms with van der Waals surface area (Å²) in [4.78, 5) is 20.7. The summed E-state index contributed by atoms with van der Waals surface area (Å²) in [6.45, 7) is 1.02. The van der Waals surface area contributed by atoms with Gasteiger partial charge in [-0.25, -0.2) is 0 Å². The van der Waals surface area contributed by atoms with Crippen molar-refractivity contribution in [2.45, 2.75) is 6.04 Å². The molecule has 1 aliphatic heterocycles. The first-order chi connectivity index (χ1) is 9.78. The maximum Gasteiger partial charge on any atom is 0.231 e. The zero-order valence-corrected chi connectivity index (χ0v) is 11.2. The van der Waals surface area contributed by atoms with E-state index < -0.39 is 0 Å². The highest BCUT2D eigenvalue weighted by atomic mass is 16.5. The Kier molecular flexibility index (Phi) is 3.58. The number of ether oxygens (including phenoxy) is 1. The average Bonchev–Trinajstić information content (AvgIpc) is 2.95. The van der Waals surface area contributed by atoms with Crippen molar-refractivity contribution in [1.29, 1.82) is 0 Å². The number of carbonyl (C=O) groups is 1. The molecule has 1 aromatic carbocycles. The van der Waals surface area contributed by atoms with E-state index in [0.717, 1.165) is 16.7 Å². The Morgan fingerprint density at radius 3 is 2.85 bits per heavy atom. The summed E-state index contributed by atoms with van der Waals surface area (Å²) >= 11 is 0. The van der Waals surface area contributed by atoms with Gasteiger partial charge in [0.1, 0.15) is 0 Å². The van der Waals surface area contributed by atoms with E-state index in [2.05, 4.69) is 20.6 Å². The second kappa shape index (κ2) is 5.52. The maximum absolute atomic E-state index is 12.3. The largest absolute Gasteiger partial charge is 0.379 e. The van der Waals surface area contributed by atoms with Gasteiger partial charge in [-0.3, -0.25) is 14.8 Å². The predicted molar refractivity (Wildman–Crippen MR) is 75.3 cm³/mol. The molecule has 0 bridgehead atoms. The highest BCUT2D eigenvalue weighted by Crippen LogP contribution is 2.19. The van der Waals surface area contributed by atoms with Gasteiger partial charge in [-0.1, -0.05) is 0 Å². The summed E-state index contributed by atoms with van der Waals surface area (Å²) < 4.78 is 5.34. The number of hydrogen-bond acceptors (Lipinski definition) is 5. The molecule has 2 atom stereocenters. The number of hydrogen-bond donors (Lipinski definition) is 2. The van der Waals surface area contributed by atoms with Crippen LogP contribution in [0.25, 0.3) is 11.0 Å². The van der Waals surface area contributed by atoms with Crippen LogP contribution in [0.4, 0.5) is 5.69 Å². The van der Waals surface area contributed by atoms with Gasteiger partial charge < -0.3 is 15.4 Å². The van der Waals surface area contributed by atoms with Crippen LogP contribution in [0, 0.1) is 5.92 Å². The fraction of sp³-hybridized carbons (Fsp3) is 0.357. The molecule has 6 heteroatoms. The standard InChI is InChI=1S/C14H16N4O2/c1-15-13-8-20-7-10(13)14(19)18-9-2-3-11-12(6-9)17-5-4-16-11/h2-6,10,13,15H,7-8H2,1H3,(H,18,19). The Hall–Kier alpha value is -2.05. The lowest BCUT2D eigenvalue weighted by Crippen LogP contribution is -2.39. The van der Waals surface area contributed by atoms with Gasteiger partial charge in [-0.05, 0) is 25.2 Å². The summed E-state index contributed by atoms with van der Waals surface area (Å²) in [6, 6.07) is 5.57. The zero-order chi connectivity index (χ0) is 13.9. The van der Waals surface area contributed by atoms with Gasteiger partial charge in [0.2, 0.25) is 5.91 Å². The quantitative estimate of drug-likeness (QED) is 0.864. The number of aromatic nitrogens is 2. The van der Waals surface area contributed by atoms with E-state index in [-0.39, 0.29) is 17.9 Å². The molecule has 1 aliphatic rings. The van der Waals surface area contributed by atoms with Crippen LogP contribution in [-0.2, 0) is 9.53 Å². The molecule has 0 radical (unpaired) electrons. The summed E-state index contributed by atoms with van der Waals surface area (Å²) in [5.41, 5.74) is 2.30. The van der Waals surface area contributed by atoms with Crippen LogP contribution in [0.15, 0.2) is 30.6 Å². The van der Waals surface area contributed by atoms with Crippen LogP contribution in [-0.4, -0.2) is 42.2 Å². The van der Waals surface area contributed by atoms with Crippen molar-refractivity contribution in [1.82, 2.24) is 15.3 Å². The number of likely N-dealkylation sites (N-methyl/N-ethyl adjacent to an activating group) is 1. The number of nitrogens with one attached hydrogen (secondary N) is 2. The SMILES string of the molecule is CNC1COCC1C(=O)Nc1ccc2nccnc2c1. The molecule has 1 saturated heterocycles. The summed E-state index contributed by atoms with van der Waals surface area (Å²) in [5.74, 6) is -0.206. The molecule has 20 heavy (non-hydrogen) atoms. The van der Waals surface area contributed by atoms with Gasteiger partial charge in [0.15, 0.2) is 0 Å². The summed E-state index contributed by atoms with van der Waals surface area (Å²) in [7, 11) is 1.84. The van der Waals surface area contributed by atoms with E-state index >= 15 is 0 Å². The molecule has 104 valence electrons. The minimum absolute atomic E-state index is 0.0370. The minimum atomic E-state index is -0.169. The molecular formula is C14H16N4O2. The van der Waals surface area contributed by atoms with E-state index in [1.807, 2.05) is 25.2 Å². The van der Waals surface area contributed by atoms with Crippen molar-refractivity contribution < 1.29 is 9.53 Å². The first kappa shape index (κ1) is 13.0. The van der Waals surface area contributed by atoms with Gasteiger partial charge in [0.25, 0.3) is 0 Å². The second-order valence-electron chi connectivity index (χ2n) is 4.79. The number of carbonyl (C=O) groups excluding carboxylic acids is 1. The molecule has 6 nitrogen and oxygen atoms in total. The number of anilines is 1. The lowest BCUT2D eigenvalue weighted by Gasteiger charge is -2.16. The Morgan fingerprint density at radius 2 is 2.05 bits per heavy atom. The van der Waals surface area contributed by atoms with Crippen LogP contribution in [0.1, 0.15) is 0 Å². The topological polar surface area (TPSA) is 76.1 Å². The Morgan fingerprint density at radius 1 is 1.25 bits per heavy atom. The normalized spacial score (nSPS) is 22.1. The molecule has 3 rings (SSSR count). The Bertz CT molecular complexity index is 631. The van der Waals surface area contributed by atoms with Gasteiger partial charge in [-0.2, -0.15) is 0 Å². The molecule has 0 saturated carbocycles. The molecule has 0 aliphatic carbocycles. The number of amides is 1. The number of benzene rings is 1. The maximum atomic E-state index is 12.3. The Balaban J connectivity index is 1.77. The van der Waals surface area contributed by atoms with Crippen LogP contribution in [0.2, 0.25) is 0 Å². The van der Waals surface area contributed by atoms with Crippen molar-refractivity contribution in [3.63, 3.8) is 0 Å². The average molecular weight is 272 g/mol. The van der Waals surface area contributed by atoms with Gasteiger partial charge in [-0.15, -0.1) is 0 Å². The van der Waals surface area contributed by atoms with E-state index in [4.69, 9.17) is 4.74 Å². The third kappa shape index (κ3) is 2.48. The fourth-order valence-corrected chi connectivity index (χ4v) is 2.37. The van der Waals surface area contributed by atoms with E-state index in [1.165, 1.54) is 0 Å². The van der Waals surface area contributed by atoms with Crippen LogP contribution in [0.5, 0.6) is 0 Å². The molecular weight excluding hydrogens is 256 g/mol. The Labute approximate surface area is 116 Å². The fourth-order valence-electron chi connectivity index (χ4n) is 2.37. The van der Waals surface area contributed by atoms with Crippen molar-refractivity contribution >= 4 is 22.6 Å². The third-order valence-corrected chi connectivity index (χ3v) is 3.52. The highest BCUT2D eigenvalue weighted by Gasteiger charge is 2.32. The van der Waals surface area contributed by atoms with E-state index in [1.54, 1.807) is 12.4 Å². The minimum Gasteiger partial charge on any atom is -0.379 e. The number of fused-ring (bicyclic) bond motifs is 1. The summed E-state index contributed by atoms with van der Waals surface area (Å²) in [6.07, 6.45) is 3.28. The van der Waals surface area contributed by atoms with Gasteiger partial charge in [0, 0.05) is 24.1 Å². The third-order valence-electron chi connectivity index (χ3n) is 3.52. The van der Waals surface area contributed by atoms with Gasteiger partial charge >= 0.3 is 0 Å². The molecule has 2 aromatic rings. The first-order valence-corrected chi connectivity index (χ1v) is 6.54. The van der Waals surface area contributed by atoms with Gasteiger partial charge in [0.05, 0.1) is 30.2 Å². The molecule has 2 unspecified atom stereocenters. The smallest absolute Gasteiger partial charge is 0.231 e. The molecule has 1 fully saturated rings. The molecule has 1 aromatic heterocycles. The summed E-state index contributed by atoms with van der Waals surface area (Å²) in [5, 5.41) is 6.02. The highest BCUT2D eigenvalue weighted by molar-refractivity contribution is 5.95.